The van der Waals surface area contributed by atoms with Gasteiger partial charge in [-0.1, -0.05) is 22.0 Å². The predicted octanol–water partition coefficient (Wildman–Crippen LogP) is 3.66. The standard InChI is InChI=1S/C21H21BrFNO5S/c22-14-3-4-18(25)19(9-14)30(27,28)11-12-7-16(13-1-2-13)20(23)17(8-12)21(26)24-15-5-6-29-10-15/h3-4,7-9,13,15,25H,1-2,5-6,10-11H2,(H,24,26). The van der Waals surface area contributed by atoms with Crippen LogP contribution < -0.4 is 5.32 Å². The minimum Gasteiger partial charge on any atom is -0.507 e. The molecule has 0 bridgehead atoms. The molecule has 6 nitrogen and oxygen atoms in total. The van der Waals surface area contributed by atoms with Crippen LogP contribution in [0.15, 0.2) is 39.7 Å². The molecule has 1 heterocycles. The van der Waals surface area contributed by atoms with Gasteiger partial charge in [-0.2, -0.15) is 0 Å². The Balaban J connectivity index is 1.68. The molecule has 2 aromatic carbocycles. The topological polar surface area (TPSA) is 92.7 Å². The number of rotatable bonds is 6. The van der Waals surface area contributed by atoms with Gasteiger partial charge in [-0.05, 0) is 60.6 Å². The molecule has 1 amide bonds. The normalized spacial score (nSPS) is 19.1. The van der Waals surface area contributed by atoms with E-state index < -0.39 is 27.3 Å². The van der Waals surface area contributed by atoms with E-state index >= 15 is 4.39 Å². The molecule has 1 saturated heterocycles. The summed E-state index contributed by atoms with van der Waals surface area (Å²) < 4.78 is 46.7. The molecule has 2 fully saturated rings. The van der Waals surface area contributed by atoms with Crippen LogP contribution in [0.5, 0.6) is 5.75 Å². The van der Waals surface area contributed by atoms with E-state index in [9.17, 15) is 18.3 Å². The highest BCUT2D eigenvalue weighted by molar-refractivity contribution is 9.10. The second-order valence-electron chi connectivity index (χ2n) is 7.73. The quantitative estimate of drug-likeness (QED) is 0.635. The van der Waals surface area contributed by atoms with Crippen LogP contribution in [0.4, 0.5) is 4.39 Å². The van der Waals surface area contributed by atoms with Crippen LogP contribution in [-0.4, -0.2) is 38.7 Å². The number of phenolic OH excluding ortho intramolecular Hbond substituents is 1. The third-order valence-corrected chi connectivity index (χ3v) is 7.50. The average Bonchev–Trinajstić information content (AvgIpc) is 3.41. The number of phenols is 1. The monoisotopic (exact) mass is 497 g/mol. The first-order chi connectivity index (χ1) is 14.2. The van der Waals surface area contributed by atoms with Gasteiger partial charge in [0.15, 0.2) is 9.84 Å². The highest BCUT2D eigenvalue weighted by Crippen LogP contribution is 2.42. The van der Waals surface area contributed by atoms with Crippen LogP contribution in [0.1, 0.15) is 46.7 Å². The average molecular weight is 498 g/mol. The van der Waals surface area contributed by atoms with Crippen LogP contribution in [0.3, 0.4) is 0 Å². The first kappa shape index (κ1) is 21.3. The molecule has 9 heteroatoms. The van der Waals surface area contributed by atoms with E-state index in [-0.39, 0.29) is 28.2 Å². The molecule has 1 atom stereocenters. The first-order valence-electron chi connectivity index (χ1n) is 9.67. The Bertz CT molecular complexity index is 1090. The van der Waals surface area contributed by atoms with Crippen molar-refractivity contribution in [1.29, 1.82) is 0 Å². The van der Waals surface area contributed by atoms with Crippen molar-refractivity contribution in [2.75, 3.05) is 13.2 Å². The molecule has 1 aliphatic carbocycles. The van der Waals surface area contributed by atoms with Gasteiger partial charge >= 0.3 is 0 Å². The lowest BCUT2D eigenvalue weighted by Gasteiger charge is -2.15. The van der Waals surface area contributed by atoms with E-state index in [1.165, 1.54) is 30.3 Å². The molecule has 0 radical (unpaired) electrons. The van der Waals surface area contributed by atoms with E-state index in [1.54, 1.807) is 0 Å². The lowest BCUT2D eigenvalue weighted by molar-refractivity contribution is 0.0925. The Hall–Kier alpha value is -1.97. The molecule has 0 spiro atoms. The van der Waals surface area contributed by atoms with Gasteiger partial charge in [-0.15, -0.1) is 0 Å². The molecule has 2 aliphatic rings. The van der Waals surface area contributed by atoms with Crippen LogP contribution in [0.2, 0.25) is 0 Å². The van der Waals surface area contributed by atoms with Gasteiger partial charge in [0.2, 0.25) is 0 Å². The van der Waals surface area contributed by atoms with E-state index in [0.717, 1.165) is 12.8 Å². The third kappa shape index (κ3) is 4.53. The highest BCUT2D eigenvalue weighted by atomic mass is 79.9. The minimum absolute atomic E-state index is 0.00621. The lowest BCUT2D eigenvalue weighted by atomic mass is 10.0. The van der Waals surface area contributed by atoms with Crippen molar-refractivity contribution in [2.45, 2.75) is 41.9 Å². The summed E-state index contributed by atoms with van der Waals surface area (Å²) in [6.45, 7) is 0.911. The number of benzene rings is 2. The van der Waals surface area contributed by atoms with Crippen LogP contribution in [0.25, 0.3) is 0 Å². The maximum Gasteiger partial charge on any atom is 0.254 e. The fourth-order valence-corrected chi connectivity index (χ4v) is 5.56. The fourth-order valence-electron chi connectivity index (χ4n) is 3.59. The molecule has 4 rings (SSSR count). The number of aromatic hydroxyl groups is 1. The zero-order valence-corrected chi connectivity index (χ0v) is 18.4. The van der Waals surface area contributed by atoms with Crippen molar-refractivity contribution in [3.05, 3.63) is 57.3 Å². The molecule has 2 aromatic rings. The second-order valence-corrected chi connectivity index (χ2v) is 10.6. The van der Waals surface area contributed by atoms with Crippen molar-refractivity contribution >= 4 is 31.7 Å². The zero-order valence-electron chi connectivity index (χ0n) is 16.0. The van der Waals surface area contributed by atoms with E-state index in [4.69, 9.17) is 4.74 Å². The molecule has 30 heavy (non-hydrogen) atoms. The van der Waals surface area contributed by atoms with E-state index in [1.807, 2.05) is 0 Å². The Morgan fingerprint density at radius 2 is 2.00 bits per heavy atom. The molecular weight excluding hydrogens is 477 g/mol. The highest BCUT2D eigenvalue weighted by Gasteiger charge is 2.31. The number of hydrogen-bond donors (Lipinski definition) is 2. The summed E-state index contributed by atoms with van der Waals surface area (Å²) in [7, 11) is -3.92. The molecule has 1 aliphatic heterocycles. The smallest absolute Gasteiger partial charge is 0.254 e. The largest absolute Gasteiger partial charge is 0.507 e. The number of hydrogen-bond acceptors (Lipinski definition) is 5. The van der Waals surface area contributed by atoms with E-state index in [0.29, 0.717) is 35.2 Å². The Kier molecular flexibility index (Phi) is 5.87. The maximum atomic E-state index is 15.1. The molecule has 2 N–H and O–H groups in total. The summed E-state index contributed by atoms with van der Waals surface area (Å²) in [4.78, 5) is 12.5. The Morgan fingerprint density at radius 3 is 2.67 bits per heavy atom. The number of sulfone groups is 1. The van der Waals surface area contributed by atoms with Gasteiger partial charge in [-0.3, -0.25) is 4.79 Å². The van der Waals surface area contributed by atoms with Crippen molar-refractivity contribution in [3.63, 3.8) is 0 Å². The van der Waals surface area contributed by atoms with Gasteiger partial charge in [0, 0.05) is 11.1 Å². The molecule has 1 saturated carbocycles. The summed E-state index contributed by atoms with van der Waals surface area (Å²) in [6, 6.07) is 6.77. The van der Waals surface area contributed by atoms with Gasteiger partial charge in [0.05, 0.1) is 24.0 Å². The van der Waals surface area contributed by atoms with Gasteiger partial charge < -0.3 is 15.2 Å². The van der Waals surface area contributed by atoms with Gasteiger partial charge in [0.25, 0.3) is 5.91 Å². The predicted molar refractivity (Wildman–Crippen MR) is 112 cm³/mol. The number of carbonyl (C=O) groups is 1. The molecule has 1 unspecified atom stereocenters. The van der Waals surface area contributed by atoms with Crippen molar-refractivity contribution in [3.8, 4) is 5.75 Å². The number of amides is 1. The SMILES string of the molecule is O=C(NC1CCOC1)c1cc(CS(=O)(=O)c2cc(Br)ccc2O)cc(C2CC2)c1F. The number of nitrogens with one attached hydrogen (secondary N) is 1. The first-order valence-corrected chi connectivity index (χ1v) is 12.1. The summed E-state index contributed by atoms with van der Waals surface area (Å²) in [5.41, 5.74) is 0.523. The number of halogens is 2. The summed E-state index contributed by atoms with van der Waals surface area (Å²) in [5, 5.41) is 12.8. The number of ether oxygens (including phenoxy) is 1. The van der Waals surface area contributed by atoms with Gasteiger partial charge in [-0.25, -0.2) is 12.8 Å². The Labute approximate surface area is 182 Å². The van der Waals surface area contributed by atoms with Crippen molar-refractivity contribution < 1.29 is 27.4 Å². The van der Waals surface area contributed by atoms with Crippen molar-refractivity contribution in [2.24, 2.45) is 0 Å². The number of carbonyl (C=O) groups excluding carboxylic acids is 1. The maximum absolute atomic E-state index is 15.1. The zero-order chi connectivity index (χ0) is 21.5. The summed E-state index contributed by atoms with van der Waals surface area (Å²) >= 11 is 3.21. The minimum atomic E-state index is -3.92. The summed E-state index contributed by atoms with van der Waals surface area (Å²) in [5.74, 6) is -1.99. The Morgan fingerprint density at radius 1 is 1.23 bits per heavy atom. The molecular formula is C21H21BrFNO5S. The van der Waals surface area contributed by atoms with Crippen LogP contribution in [0, 0.1) is 5.82 Å². The lowest BCUT2D eigenvalue weighted by Crippen LogP contribution is -2.35. The van der Waals surface area contributed by atoms with E-state index in [2.05, 4.69) is 21.2 Å². The second kappa shape index (κ2) is 8.28. The van der Waals surface area contributed by atoms with Crippen LogP contribution in [-0.2, 0) is 20.3 Å². The molecule has 0 aromatic heterocycles. The third-order valence-electron chi connectivity index (χ3n) is 5.30. The fraction of sp³-hybridized carbons (Fsp3) is 0.381. The van der Waals surface area contributed by atoms with Crippen molar-refractivity contribution in [1.82, 2.24) is 5.32 Å². The summed E-state index contributed by atoms with van der Waals surface area (Å²) in [6.07, 6.45) is 2.26. The van der Waals surface area contributed by atoms with Gasteiger partial charge in [0.1, 0.15) is 16.5 Å². The molecule has 160 valence electrons. The van der Waals surface area contributed by atoms with Crippen LogP contribution >= 0.6 is 15.9 Å².